The highest BCUT2D eigenvalue weighted by Crippen LogP contribution is 2.37. The van der Waals surface area contributed by atoms with Crippen LogP contribution in [0.15, 0.2) is 12.1 Å². The van der Waals surface area contributed by atoms with Crippen LogP contribution in [0.25, 0.3) is 0 Å². The third kappa shape index (κ3) is 2.41. The summed E-state index contributed by atoms with van der Waals surface area (Å²) in [5, 5.41) is 9.72. The molecule has 0 bridgehead atoms. The van der Waals surface area contributed by atoms with Gasteiger partial charge in [0.2, 0.25) is 5.91 Å². The van der Waals surface area contributed by atoms with Crippen molar-refractivity contribution in [2.45, 2.75) is 6.42 Å². The molecule has 96 valence electrons. The van der Waals surface area contributed by atoms with Crippen molar-refractivity contribution in [3.8, 4) is 0 Å². The van der Waals surface area contributed by atoms with E-state index in [9.17, 15) is 9.59 Å². The predicted molar refractivity (Wildman–Crippen MR) is 69.6 cm³/mol. The van der Waals surface area contributed by atoms with Crippen LogP contribution in [0.3, 0.4) is 0 Å². The number of carboxylic acid groups (broad SMARTS) is 1. The minimum atomic E-state index is -0.998. The number of anilines is 1. The largest absolute Gasteiger partial charge is 0.481 e. The third-order valence-corrected chi connectivity index (χ3v) is 3.78. The molecule has 1 atom stereocenters. The molecule has 7 heteroatoms. The monoisotopic (exact) mass is 307 g/mol. The van der Waals surface area contributed by atoms with E-state index in [2.05, 4.69) is 0 Å². The van der Waals surface area contributed by atoms with Gasteiger partial charge in [0.05, 0.1) is 26.7 Å². The molecule has 0 unspecified atom stereocenters. The van der Waals surface area contributed by atoms with Crippen molar-refractivity contribution in [3.63, 3.8) is 0 Å². The Bertz CT molecular complexity index is 533. The lowest BCUT2D eigenvalue weighted by atomic mass is 10.1. The number of benzene rings is 1. The van der Waals surface area contributed by atoms with Crippen molar-refractivity contribution < 1.29 is 14.7 Å². The van der Waals surface area contributed by atoms with E-state index in [0.29, 0.717) is 5.69 Å². The number of hydrogen-bond acceptors (Lipinski definition) is 2. The van der Waals surface area contributed by atoms with Crippen LogP contribution in [0.1, 0.15) is 6.42 Å². The van der Waals surface area contributed by atoms with E-state index < -0.39 is 11.9 Å². The molecular weight excluding hydrogens is 300 g/mol. The first-order chi connectivity index (χ1) is 8.40. The van der Waals surface area contributed by atoms with E-state index in [4.69, 9.17) is 39.9 Å². The topological polar surface area (TPSA) is 57.6 Å². The van der Waals surface area contributed by atoms with Crippen molar-refractivity contribution in [1.29, 1.82) is 0 Å². The number of carbonyl (C=O) groups excluding carboxylic acids is 1. The Hall–Kier alpha value is -0.970. The van der Waals surface area contributed by atoms with Crippen molar-refractivity contribution in [2.75, 3.05) is 11.4 Å². The number of amides is 1. The zero-order valence-corrected chi connectivity index (χ0v) is 11.3. The Kier molecular flexibility index (Phi) is 3.71. The van der Waals surface area contributed by atoms with Gasteiger partial charge < -0.3 is 10.0 Å². The lowest BCUT2D eigenvalue weighted by Crippen LogP contribution is -2.26. The van der Waals surface area contributed by atoms with Crippen LogP contribution >= 0.6 is 34.8 Å². The maximum atomic E-state index is 11.8. The lowest BCUT2D eigenvalue weighted by Gasteiger charge is -2.18. The fourth-order valence-corrected chi connectivity index (χ4v) is 2.47. The first-order valence-electron chi connectivity index (χ1n) is 5.08. The lowest BCUT2D eigenvalue weighted by molar-refractivity contribution is -0.141. The van der Waals surface area contributed by atoms with Gasteiger partial charge in [0.1, 0.15) is 0 Å². The molecule has 1 amide bonds. The van der Waals surface area contributed by atoms with Crippen molar-refractivity contribution in [1.82, 2.24) is 0 Å². The van der Waals surface area contributed by atoms with Gasteiger partial charge in [0.15, 0.2) is 0 Å². The van der Waals surface area contributed by atoms with Crippen LogP contribution in [-0.2, 0) is 9.59 Å². The van der Waals surface area contributed by atoms with Crippen LogP contribution in [0.4, 0.5) is 5.69 Å². The number of carboxylic acids is 1. The number of carbonyl (C=O) groups is 2. The standard InChI is InChI=1S/C11H8Cl3NO3/c12-6-2-8(14)9(3-7(6)13)15-4-5(11(17)18)1-10(15)16/h2-3,5H,1,4H2,(H,17,18)/t5-/m1/s1. The van der Waals surface area contributed by atoms with E-state index in [1.807, 2.05) is 0 Å². The molecule has 1 aromatic carbocycles. The maximum absolute atomic E-state index is 11.8. The van der Waals surface area contributed by atoms with Crippen LogP contribution < -0.4 is 4.90 Å². The van der Waals surface area contributed by atoms with Gasteiger partial charge in [-0.1, -0.05) is 34.8 Å². The fourth-order valence-electron chi connectivity index (χ4n) is 1.82. The molecule has 0 spiro atoms. The summed E-state index contributed by atoms with van der Waals surface area (Å²) in [6.45, 7) is 0.0891. The summed E-state index contributed by atoms with van der Waals surface area (Å²) in [7, 11) is 0. The van der Waals surface area contributed by atoms with Gasteiger partial charge in [0, 0.05) is 13.0 Å². The first-order valence-corrected chi connectivity index (χ1v) is 6.21. The zero-order chi connectivity index (χ0) is 13.4. The molecule has 0 aliphatic carbocycles. The molecule has 1 aliphatic heterocycles. The van der Waals surface area contributed by atoms with E-state index in [1.165, 1.54) is 17.0 Å². The highest BCUT2D eigenvalue weighted by atomic mass is 35.5. The van der Waals surface area contributed by atoms with Gasteiger partial charge in [-0.2, -0.15) is 0 Å². The molecule has 1 heterocycles. The number of nitrogens with zero attached hydrogens (tertiary/aromatic N) is 1. The van der Waals surface area contributed by atoms with Crippen molar-refractivity contribution in [2.24, 2.45) is 5.92 Å². The summed E-state index contributed by atoms with van der Waals surface area (Å²) in [5.74, 6) is -2.01. The summed E-state index contributed by atoms with van der Waals surface area (Å²) < 4.78 is 0. The van der Waals surface area contributed by atoms with Crippen molar-refractivity contribution >= 4 is 52.4 Å². The molecule has 1 fully saturated rings. The quantitative estimate of drug-likeness (QED) is 0.854. The Morgan fingerprint density at radius 2 is 1.83 bits per heavy atom. The Morgan fingerprint density at radius 1 is 1.22 bits per heavy atom. The van der Waals surface area contributed by atoms with Gasteiger partial charge in [-0.25, -0.2) is 0 Å². The van der Waals surface area contributed by atoms with Crippen molar-refractivity contribution in [3.05, 3.63) is 27.2 Å². The molecular formula is C11H8Cl3NO3. The zero-order valence-electron chi connectivity index (χ0n) is 8.99. The Morgan fingerprint density at radius 3 is 2.39 bits per heavy atom. The smallest absolute Gasteiger partial charge is 0.308 e. The number of hydrogen-bond donors (Lipinski definition) is 1. The molecule has 1 saturated heterocycles. The average Bonchev–Trinajstić information content (AvgIpc) is 2.66. The van der Waals surface area contributed by atoms with Gasteiger partial charge >= 0.3 is 5.97 Å². The normalized spacial score (nSPS) is 19.4. The molecule has 0 radical (unpaired) electrons. The van der Waals surface area contributed by atoms with Crippen LogP contribution in [0.5, 0.6) is 0 Å². The Labute approximate surface area is 118 Å². The minimum Gasteiger partial charge on any atom is -0.481 e. The summed E-state index contributed by atoms with van der Waals surface area (Å²) in [6, 6.07) is 2.90. The summed E-state index contributed by atoms with van der Waals surface area (Å²) in [4.78, 5) is 24.0. The molecule has 1 N–H and O–H groups in total. The summed E-state index contributed by atoms with van der Waals surface area (Å²) in [6.07, 6.45) is -0.0358. The molecule has 1 aromatic rings. The second kappa shape index (κ2) is 4.96. The third-order valence-electron chi connectivity index (χ3n) is 2.75. The summed E-state index contributed by atoms with van der Waals surface area (Å²) in [5.41, 5.74) is 0.389. The second-order valence-electron chi connectivity index (χ2n) is 3.96. The first kappa shape index (κ1) is 13.5. The maximum Gasteiger partial charge on any atom is 0.308 e. The second-order valence-corrected chi connectivity index (χ2v) is 5.18. The van der Waals surface area contributed by atoms with Gasteiger partial charge in [-0.05, 0) is 12.1 Å². The fraction of sp³-hybridized carbons (Fsp3) is 0.273. The number of halogens is 3. The minimum absolute atomic E-state index is 0.0358. The number of aliphatic carboxylic acids is 1. The highest BCUT2D eigenvalue weighted by Gasteiger charge is 2.36. The van der Waals surface area contributed by atoms with Gasteiger partial charge in [-0.15, -0.1) is 0 Å². The Balaban J connectivity index is 2.35. The van der Waals surface area contributed by atoms with Crippen LogP contribution in [-0.4, -0.2) is 23.5 Å². The van der Waals surface area contributed by atoms with Crippen LogP contribution in [0.2, 0.25) is 15.1 Å². The predicted octanol–water partition coefficient (Wildman–Crippen LogP) is 3.08. The molecule has 0 aromatic heterocycles. The molecule has 1 aliphatic rings. The van der Waals surface area contributed by atoms with Gasteiger partial charge in [-0.3, -0.25) is 9.59 Å². The van der Waals surface area contributed by atoms with E-state index in [-0.39, 0.29) is 33.9 Å². The number of rotatable bonds is 2. The SMILES string of the molecule is O=C(O)[C@@H]1CC(=O)N(c2cc(Cl)c(Cl)cc2Cl)C1. The van der Waals surface area contributed by atoms with Gasteiger partial charge in [0.25, 0.3) is 0 Å². The van der Waals surface area contributed by atoms with E-state index >= 15 is 0 Å². The average molecular weight is 309 g/mol. The summed E-state index contributed by atoms with van der Waals surface area (Å²) >= 11 is 17.6. The molecule has 4 nitrogen and oxygen atoms in total. The molecule has 2 rings (SSSR count). The van der Waals surface area contributed by atoms with E-state index in [0.717, 1.165) is 0 Å². The van der Waals surface area contributed by atoms with Crippen LogP contribution in [0, 0.1) is 5.92 Å². The molecule has 0 saturated carbocycles. The highest BCUT2D eigenvalue weighted by molar-refractivity contribution is 6.44. The van der Waals surface area contributed by atoms with E-state index in [1.54, 1.807) is 0 Å². The molecule has 18 heavy (non-hydrogen) atoms.